The molecule has 2 rings (SSSR count). The molecule has 0 N–H and O–H groups in total. The SMILES string of the molecule is CO[C@H](Br)c1ccc2ccccc2c1. The molecule has 72 valence electrons. The van der Waals surface area contributed by atoms with Crippen LogP contribution < -0.4 is 0 Å². The third-order valence-corrected chi connectivity index (χ3v) is 3.15. The van der Waals surface area contributed by atoms with Gasteiger partial charge in [0.25, 0.3) is 0 Å². The molecule has 0 radical (unpaired) electrons. The second-order valence-electron chi connectivity index (χ2n) is 3.16. The predicted molar refractivity (Wildman–Crippen MR) is 62.6 cm³/mol. The Balaban J connectivity index is 2.51. The first-order chi connectivity index (χ1) is 6.81. The van der Waals surface area contributed by atoms with Crippen LogP contribution in [-0.2, 0) is 4.74 Å². The van der Waals surface area contributed by atoms with Crippen LogP contribution in [0.15, 0.2) is 42.5 Å². The minimum atomic E-state index is -0.0212. The van der Waals surface area contributed by atoms with Crippen LogP contribution in [0.2, 0.25) is 0 Å². The van der Waals surface area contributed by atoms with Gasteiger partial charge in [0.15, 0.2) is 0 Å². The molecule has 0 saturated heterocycles. The van der Waals surface area contributed by atoms with Crippen molar-refractivity contribution in [3.05, 3.63) is 48.0 Å². The van der Waals surface area contributed by atoms with Crippen molar-refractivity contribution in [2.24, 2.45) is 0 Å². The van der Waals surface area contributed by atoms with Crippen molar-refractivity contribution in [2.75, 3.05) is 7.11 Å². The van der Waals surface area contributed by atoms with E-state index < -0.39 is 0 Å². The van der Waals surface area contributed by atoms with E-state index in [1.165, 1.54) is 10.8 Å². The molecule has 0 amide bonds. The summed E-state index contributed by atoms with van der Waals surface area (Å²) in [5, 5.41) is 2.48. The quantitative estimate of drug-likeness (QED) is 0.736. The van der Waals surface area contributed by atoms with Crippen LogP contribution >= 0.6 is 15.9 Å². The van der Waals surface area contributed by atoms with E-state index in [1.54, 1.807) is 7.11 Å². The number of benzene rings is 2. The summed E-state index contributed by atoms with van der Waals surface area (Å²) in [6, 6.07) is 14.6. The second kappa shape index (κ2) is 4.11. The van der Waals surface area contributed by atoms with Gasteiger partial charge in [0, 0.05) is 7.11 Å². The topological polar surface area (TPSA) is 9.23 Å². The maximum absolute atomic E-state index is 5.20. The standard InChI is InChI=1S/C12H11BrO/c1-14-12(13)11-7-6-9-4-2-3-5-10(9)8-11/h2-8,12H,1H3/t12-/m0/s1. The van der Waals surface area contributed by atoms with Gasteiger partial charge in [0.1, 0.15) is 5.01 Å². The Hall–Kier alpha value is -0.860. The normalized spacial score (nSPS) is 13.0. The molecule has 0 spiro atoms. The van der Waals surface area contributed by atoms with Gasteiger partial charge < -0.3 is 4.74 Å². The molecule has 2 heteroatoms. The minimum absolute atomic E-state index is 0.0212. The third kappa shape index (κ3) is 1.81. The van der Waals surface area contributed by atoms with Gasteiger partial charge in [-0.2, -0.15) is 0 Å². The van der Waals surface area contributed by atoms with Crippen LogP contribution in [0.25, 0.3) is 10.8 Å². The van der Waals surface area contributed by atoms with E-state index >= 15 is 0 Å². The Morgan fingerprint density at radius 2 is 1.79 bits per heavy atom. The van der Waals surface area contributed by atoms with E-state index in [2.05, 4.69) is 46.3 Å². The molecule has 0 aromatic heterocycles. The molecule has 0 bridgehead atoms. The molecule has 0 aliphatic rings. The Labute approximate surface area is 91.8 Å². The molecule has 1 atom stereocenters. The van der Waals surface area contributed by atoms with Crippen molar-refractivity contribution in [1.29, 1.82) is 0 Å². The largest absolute Gasteiger partial charge is 0.365 e. The minimum Gasteiger partial charge on any atom is -0.365 e. The van der Waals surface area contributed by atoms with Gasteiger partial charge in [-0.15, -0.1) is 0 Å². The highest BCUT2D eigenvalue weighted by Gasteiger charge is 2.05. The second-order valence-corrected chi connectivity index (χ2v) is 3.99. The fourth-order valence-electron chi connectivity index (χ4n) is 1.49. The number of hydrogen-bond donors (Lipinski definition) is 0. The van der Waals surface area contributed by atoms with Crippen molar-refractivity contribution in [2.45, 2.75) is 5.01 Å². The lowest BCUT2D eigenvalue weighted by atomic mass is 10.1. The number of alkyl halides is 1. The summed E-state index contributed by atoms with van der Waals surface area (Å²) in [6.45, 7) is 0. The first kappa shape index (κ1) is 9.69. The van der Waals surface area contributed by atoms with E-state index in [4.69, 9.17) is 4.74 Å². The van der Waals surface area contributed by atoms with E-state index in [0.29, 0.717) is 0 Å². The average molecular weight is 251 g/mol. The van der Waals surface area contributed by atoms with Gasteiger partial charge in [-0.05, 0) is 22.4 Å². The Morgan fingerprint density at radius 3 is 2.50 bits per heavy atom. The molecule has 0 aliphatic heterocycles. The van der Waals surface area contributed by atoms with Gasteiger partial charge in [0.2, 0.25) is 0 Å². The molecule has 0 heterocycles. The molecule has 0 aliphatic carbocycles. The number of hydrogen-bond acceptors (Lipinski definition) is 1. The number of halogens is 1. The lowest BCUT2D eigenvalue weighted by Crippen LogP contribution is -1.91. The molecule has 0 fully saturated rings. The maximum atomic E-state index is 5.20. The molecular weight excluding hydrogens is 240 g/mol. The number of ether oxygens (including phenoxy) is 1. The summed E-state index contributed by atoms with van der Waals surface area (Å²) in [4.78, 5) is 0. The lowest BCUT2D eigenvalue weighted by Gasteiger charge is -2.08. The van der Waals surface area contributed by atoms with Crippen molar-refractivity contribution in [1.82, 2.24) is 0 Å². The average Bonchev–Trinajstić information content (AvgIpc) is 2.27. The maximum Gasteiger partial charge on any atom is 0.137 e. The van der Waals surface area contributed by atoms with E-state index in [0.717, 1.165) is 5.56 Å². The highest BCUT2D eigenvalue weighted by molar-refractivity contribution is 9.09. The van der Waals surface area contributed by atoms with Crippen LogP contribution in [-0.4, -0.2) is 7.11 Å². The monoisotopic (exact) mass is 250 g/mol. The van der Waals surface area contributed by atoms with E-state index in [-0.39, 0.29) is 5.01 Å². The van der Waals surface area contributed by atoms with Crippen LogP contribution in [0, 0.1) is 0 Å². The number of methoxy groups -OCH3 is 1. The predicted octanol–water partition coefficient (Wildman–Crippen LogP) is 3.88. The van der Waals surface area contributed by atoms with Crippen molar-refractivity contribution < 1.29 is 4.74 Å². The van der Waals surface area contributed by atoms with Gasteiger partial charge in [-0.1, -0.05) is 52.3 Å². The molecule has 2 aromatic carbocycles. The first-order valence-electron chi connectivity index (χ1n) is 4.47. The molecular formula is C12H11BrO. The van der Waals surface area contributed by atoms with Crippen LogP contribution in [0.3, 0.4) is 0 Å². The zero-order valence-electron chi connectivity index (χ0n) is 7.91. The summed E-state index contributed by atoms with van der Waals surface area (Å²) in [6.07, 6.45) is 0. The molecule has 2 aromatic rings. The summed E-state index contributed by atoms with van der Waals surface area (Å²) >= 11 is 3.45. The highest BCUT2D eigenvalue weighted by atomic mass is 79.9. The Kier molecular flexibility index (Phi) is 2.85. The van der Waals surface area contributed by atoms with Crippen LogP contribution in [0.5, 0.6) is 0 Å². The van der Waals surface area contributed by atoms with Gasteiger partial charge in [-0.25, -0.2) is 0 Å². The zero-order chi connectivity index (χ0) is 9.97. The lowest BCUT2D eigenvalue weighted by molar-refractivity contribution is 0.181. The van der Waals surface area contributed by atoms with Crippen LogP contribution in [0.1, 0.15) is 10.6 Å². The van der Waals surface area contributed by atoms with Crippen molar-refractivity contribution >= 4 is 26.7 Å². The fraction of sp³-hybridized carbons (Fsp3) is 0.167. The molecule has 14 heavy (non-hydrogen) atoms. The van der Waals surface area contributed by atoms with Gasteiger partial charge in [-0.3, -0.25) is 0 Å². The Morgan fingerprint density at radius 1 is 1.07 bits per heavy atom. The smallest absolute Gasteiger partial charge is 0.137 e. The molecule has 0 saturated carbocycles. The summed E-state index contributed by atoms with van der Waals surface area (Å²) in [7, 11) is 1.69. The van der Waals surface area contributed by atoms with Gasteiger partial charge in [0.05, 0.1) is 0 Å². The zero-order valence-corrected chi connectivity index (χ0v) is 9.49. The third-order valence-electron chi connectivity index (χ3n) is 2.24. The van der Waals surface area contributed by atoms with Crippen LogP contribution in [0.4, 0.5) is 0 Å². The number of rotatable bonds is 2. The molecule has 1 nitrogen and oxygen atoms in total. The van der Waals surface area contributed by atoms with E-state index in [1.807, 2.05) is 12.1 Å². The fourth-order valence-corrected chi connectivity index (χ4v) is 1.77. The summed E-state index contributed by atoms with van der Waals surface area (Å²) in [5.41, 5.74) is 1.14. The molecule has 0 unspecified atom stereocenters. The summed E-state index contributed by atoms with van der Waals surface area (Å²) in [5.74, 6) is 0. The van der Waals surface area contributed by atoms with Crippen molar-refractivity contribution in [3.8, 4) is 0 Å². The Bertz CT molecular complexity index is 439. The van der Waals surface area contributed by atoms with Crippen molar-refractivity contribution in [3.63, 3.8) is 0 Å². The van der Waals surface area contributed by atoms with E-state index in [9.17, 15) is 0 Å². The van der Waals surface area contributed by atoms with Gasteiger partial charge >= 0.3 is 0 Å². The number of fused-ring (bicyclic) bond motifs is 1. The highest BCUT2D eigenvalue weighted by Crippen LogP contribution is 2.26. The first-order valence-corrected chi connectivity index (χ1v) is 5.38. The summed E-state index contributed by atoms with van der Waals surface area (Å²) < 4.78 is 5.20.